The predicted molar refractivity (Wildman–Crippen MR) is 102 cm³/mol. The van der Waals surface area contributed by atoms with Crippen LogP contribution in [0.2, 0.25) is 0 Å². The van der Waals surface area contributed by atoms with E-state index in [-0.39, 0.29) is 16.8 Å². The van der Waals surface area contributed by atoms with Crippen LogP contribution < -0.4 is 0 Å². The molecule has 0 N–H and O–H groups in total. The molecule has 0 aromatic heterocycles. The number of hydrogen-bond donors (Lipinski definition) is 0. The highest BCUT2D eigenvalue weighted by atomic mass is 32.2. The molecule has 1 atom stereocenters. The van der Waals surface area contributed by atoms with Crippen molar-refractivity contribution in [3.05, 3.63) is 33.9 Å². The maximum Gasteiger partial charge on any atom is 0.269 e. The van der Waals surface area contributed by atoms with E-state index in [0.29, 0.717) is 29.2 Å². The quantitative estimate of drug-likeness (QED) is 0.549. The van der Waals surface area contributed by atoms with E-state index in [2.05, 4.69) is 32.7 Å². The second-order valence-corrected chi connectivity index (χ2v) is 8.37. The van der Waals surface area contributed by atoms with Gasteiger partial charge < -0.3 is 0 Å². The lowest BCUT2D eigenvalue weighted by molar-refractivity contribution is -0.384. The van der Waals surface area contributed by atoms with Crippen LogP contribution >= 0.6 is 11.8 Å². The molecule has 1 aliphatic heterocycles. The van der Waals surface area contributed by atoms with Gasteiger partial charge in [0.15, 0.2) is 5.17 Å². The Morgan fingerprint density at radius 1 is 1.28 bits per heavy atom. The molecule has 1 fully saturated rings. The number of non-ortho nitro benzene ring substituents is 1. The number of nitro groups is 1. The highest BCUT2D eigenvalue weighted by Gasteiger charge is 2.38. The van der Waals surface area contributed by atoms with Gasteiger partial charge in [-0.1, -0.05) is 39.5 Å². The molecule has 0 radical (unpaired) electrons. The fraction of sp³-hybridized carbons (Fsp3) is 0.556. The van der Waals surface area contributed by atoms with Gasteiger partial charge in [-0.15, -0.1) is 0 Å². The zero-order valence-electron chi connectivity index (χ0n) is 15.4. The number of rotatable bonds is 6. The summed E-state index contributed by atoms with van der Waals surface area (Å²) in [6.07, 6.45) is 0.816. The Bertz CT molecular complexity index is 701. The summed E-state index contributed by atoms with van der Waals surface area (Å²) in [6, 6.07) is 4.61. The summed E-state index contributed by atoms with van der Waals surface area (Å²) in [6.45, 7) is 10.8. The van der Waals surface area contributed by atoms with Crippen molar-refractivity contribution in [2.45, 2.75) is 46.3 Å². The first kappa shape index (κ1) is 19.4. The van der Waals surface area contributed by atoms with Crippen LogP contribution in [0.3, 0.4) is 0 Å². The average molecular weight is 363 g/mol. The molecule has 6 nitrogen and oxygen atoms in total. The zero-order chi connectivity index (χ0) is 18.7. The molecule has 1 aromatic rings. The van der Waals surface area contributed by atoms with Crippen LogP contribution in [0.15, 0.2) is 23.2 Å². The maximum atomic E-state index is 12.7. The molecular formula is C18H25N3O3S. The maximum absolute atomic E-state index is 12.7. The van der Waals surface area contributed by atoms with Gasteiger partial charge in [0.25, 0.3) is 5.69 Å². The molecule has 25 heavy (non-hydrogen) atoms. The molecule has 2 rings (SSSR count). The largest absolute Gasteiger partial charge is 0.290 e. The Morgan fingerprint density at radius 3 is 2.48 bits per heavy atom. The minimum atomic E-state index is -0.415. The van der Waals surface area contributed by atoms with Crippen molar-refractivity contribution in [1.82, 2.24) is 4.90 Å². The third-order valence-corrected chi connectivity index (χ3v) is 5.06. The van der Waals surface area contributed by atoms with Gasteiger partial charge in [0, 0.05) is 18.7 Å². The summed E-state index contributed by atoms with van der Waals surface area (Å²) >= 11 is 1.50. The lowest BCUT2D eigenvalue weighted by Gasteiger charge is -2.19. The molecule has 1 saturated heterocycles. The summed E-state index contributed by atoms with van der Waals surface area (Å²) in [7, 11) is 0. The van der Waals surface area contributed by atoms with Crippen molar-refractivity contribution >= 4 is 34.2 Å². The fourth-order valence-electron chi connectivity index (χ4n) is 2.69. The second kappa shape index (κ2) is 7.99. The average Bonchev–Trinajstić information content (AvgIpc) is 2.76. The Kier molecular flexibility index (Phi) is 6.21. The van der Waals surface area contributed by atoms with Crippen LogP contribution in [0.5, 0.6) is 0 Å². The van der Waals surface area contributed by atoms with Gasteiger partial charge in [0.2, 0.25) is 5.91 Å². The lowest BCUT2D eigenvalue weighted by atomic mass is 10.1. The van der Waals surface area contributed by atoms with E-state index >= 15 is 0 Å². The first-order valence-corrected chi connectivity index (χ1v) is 9.38. The number of benzene rings is 1. The molecule has 0 saturated carbocycles. The highest BCUT2D eigenvalue weighted by Crippen LogP contribution is 2.35. The van der Waals surface area contributed by atoms with E-state index in [9.17, 15) is 14.9 Å². The molecule has 1 aromatic carbocycles. The third kappa shape index (κ3) is 4.81. The Labute approximate surface area is 152 Å². The number of amidine groups is 1. The smallest absolute Gasteiger partial charge is 0.269 e. The van der Waals surface area contributed by atoms with Crippen LogP contribution in [0.25, 0.3) is 0 Å². The van der Waals surface area contributed by atoms with Crippen LogP contribution in [0, 0.1) is 28.9 Å². The van der Waals surface area contributed by atoms with Crippen LogP contribution in [0.4, 0.5) is 11.4 Å². The van der Waals surface area contributed by atoms with Gasteiger partial charge in [0.1, 0.15) is 0 Å². The van der Waals surface area contributed by atoms with Crippen molar-refractivity contribution in [2.75, 3.05) is 6.54 Å². The number of aliphatic imine (C=N–C) groups is 1. The van der Waals surface area contributed by atoms with Crippen LogP contribution in [-0.2, 0) is 4.79 Å². The molecule has 0 aliphatic carbocycles. The van der Waals surface area contributed by atoms with Crippen molar-refractivity contribution in [1.29, 1.82) is 0 Å². The van der Waals surface area contributed by atoms with Gasteiger partial charge in [0.05, 0.1) is 15.9 Å². The fourth-order valence-corrected chi connectivity index (χ4v) is 4.09. The Hall–Kier alpha value is -1.89. The van der Waals surface area contributed by atoms with E-state index in [1.54, 1.807) is 17.9 Å². The highest BCUT2D eigenvalue weighted by molar-refractivity contribution is 8.15. The number of thioether (sulfide) groups is 1. The van der Waals surface area contributed by atoms with Gasteiger partial charge >= 0.3 is 0 Å². The standard InChI is InChI=1S/C18H25N3O3S/c1-11(2)8-16-17(22)20(10-12(3)4)18(25-16)19-15-7-6-14(21(23)24)9-13(15)5/h6-7,9,11-12,16H,8,10H2,1-5H3. The number of hydrogen-bond acceptors (Lipinski definition) is 5. The molecule has 1 aliphatic rings. The number of nitrogens with zero attached hydrogens (tertiary/aromatic N) is 3. The second-order valence-electron chi connectivity index (χ2n) is 7.20. The summed E-state index contributed by atoms with van der Waals surface area (Å²) < 4.78 is 0. The first-order chi connectivity index (χ1) is 11.7. The molecule has 7 heteroatoms. The monoisotopic (exact) mass is 363 g/mol. The minimum absolute atomic E-state index is 0.0494. The molecule has 1 heterocycles. The molecule has 1 unspecified atom stereocenters. The van der Waals surface area contributed by atoms with Crippen molar-refractivity contribution in [3.8, 4) is 0 Å². The molecule has 136 valence electrons. The lowest BCUT2D eigenvalue weighted by Crippen LogP contribution is -2.35. The summed E-state index contributed by atoms with van der Waals surface area (Å²) in [4.78, 5) is 29.6. The van der Waals surface area contributed by atoms with Crippen LogP contribution in [-0.4, -0.2) is 32.7 Å². The predicted octanol–water partition coefficient (Wildman–Crippen LogP) is 4.54. The van der Waals surface area contributed by atoms with E-state index in [1.165, 1.54) is 23.9 Å². The Balaban J connectivity index is 2.34. The van der Waals surface area contributed by atoms with Gasteiger partial charge in [-0.25, -0.2) is 4.99 Å². The Morgan fingerprint density at radius 2 is 1.96 bits per heavy atom. The van der Waals surface area contributed by atoms with Gasteiger partial charge in [-0.2, -0.15) is 0 Å². The van der Waals surface area contributed by atoms with E-state index in [1.807, 2.05) is 0 Å². The van der Waals surface area contributed by atoms with Gasteiger partial charge in [-0.05, 0) is 36.8 Å². The zero-order valence-corrected chi connectivity index (χ0v) is 16.2. The minimum Gasteiger partial charge on any atom is -0.290 e. The molecule has 0 spiro atoms. The normalized spacial score (nSPS) is 19.5. The number of nitro benzene ring substituents is 1. The van der Waals surface area contributed by atoms with Gasteiger partial charge in [-0.3, -0.25) is 19.8 Å². The number of aryl methyl sites for hydroxylation is 1. The summed E-state index contributed by atoms with van der Waals surface area (Å²) in [5.41, 5.74) is 1.44. The molecule has 0 bridgehead atoms. The van der Waals surface area contributed by atoms with Crippen molar-refractivity contribution < 1.29 is 9.72 Å². The first-order valence-electron chi connectivity index (χ1n) is 8.50. The summed E-state index contributed by atoms with van der Waals surface area (Å²) in [5.74, 6) is 0.888. The number of carbonyl (C=O) groups excluding carboxylic acids is 1. The van der Waals surface area contributed by atoms with Crippen molar-refractivity contribution in [2.24, 2.45) is 16.8 Å². The van der Waals surface area contributed by atoms with Crippen molar-refractivity contribution in [3.63, 3.8) is 0 Å². The number of carbonyl (C=O) groups is 1. The summed E-state index contributed by atoms with van der Waals surface area (Å²) in [5, 5.41) is 11.5. The van der Waals surface area contributed by atoms with E-state index < -0.39 is 4.92 Å². The van der Waals surface area contributed by atoms with Crippen LogP contribution in [0.1, 0.15) is 39.7 Å². The number of amides is 1. The van der Waals surface area contributed by atoms with E-state index in [4.69, 9.17) is 0 Å². The molecule has 1 amide bonds. The molecular weight excluding hydrogens is 338 g/mol. The third-order valence-electron chi connectivity index (χ3n) is 3.86. The topological polar surface area (TPSA) is 75.8 Å². The van der Waals surface area contributed by atoms with E-state index in [0.717, 1.165) is 12.0 Å². The SMILES string of the molecule is Cc1cc([N+](=O)[O-])ccc1N=C1SC(CC(C)C)C(=O)N1CC(C)C.